The quantitative estimate of drug-likeness (QED) is 0.240. The molecular weight excluding hydrogens is 410 g/mol. The molecule has 0 bridgehead atoms. The summed E-state index contributed by atoms with van der Waals surface area (Å²) >= 11 is 0. The van der Waals surface area contributed by atoms with Crippen LogP contribution in [-0.4, -0.2) is 4.57 Å². The van der Waals surface area contributed by atoms with Crippen LogP contribution in [0.4, 0.5) is 0 Å². The van der Waals surface area contributed by atoms with E-state index in [9.17, 15) is 0 Å². The fourth-order valence-electron chi connectivity index (χ4n) is 5.84. The molecule has 1 nitrogen and oxygen atoms in total. The molecule has 6 aromatic rings. The van der Waals surface area contributed by atoms with Gasteiger partial charge in [-0.25, -0.2) is 0 Å². The maximum absolute atomic E-state index is 2.45. The summed E-state index contributed by atoms with van der Waals surface area (Å²) in [5, 5.41) is 5.34. The zero-order chi connectivity index (χ0) is 23.4. The van der Waals surface area contributed by atoms with Crippen molar-refractivity contribution >= 4 is 32.6 Å². The van der Waals surface area contributed by atoms with Gasteiger partial charge in [-0.3, -0.25) is 0 Å². The predicted octanol–water partition coefficient (Wildman–Crippen LogP) is 9.27. The van der Waals surface area contributed by atoms with Gasteiger partial charge >= 0.3 is 0 Å². The van der Waals surface area contributed by atoms with Gasteiger partial charge in [0.05, 0.1) is 11.0 Å². The summed E-state index contributed by atoms with van der Waals surface area (Å²) in [6.07, 6.45) is 0. The Bertz CT molecular complexity index is 1680. The standard InChI is InChI=1S/C31H23N.C2H6/c1-31(2)26-16-9-11-20-10-8-15-23(30(20)26)24-18-25-22-14-6-7-17-28(22)32(29(25)19-27(24)31)21-12-4-3-5-13-21;1-2/h3-19H,1-2H3;1-2H3. The largest absolute Gasteiger partial charge is 0.309 e. The third-order valence-corrected chi connectivity index (χ3v) is 7.37. The SMILES string of the molecule is CC.CC1(C)c2cc3c(cc2-c2cccc4cccc1c24)c1ccccc1n3-c1ccccc1. The molecule has 0 saturated heterocycles. The normalized spacial score (nSPS) is 13.5. The lowest BCUT2D eigenvalue weighted by atomic mass is 9.68. The highest BCUT2D eigenvalue weighted by Crippen LogP contribution is 2.50. The second-order valence-corrected chi connectivity index (χ2v) is 9.44. The first-order chi connectivity index (χ1) is 16.6. The van der Waals surface area contributed by atoms with Crippen molar-refractivity contribution < 1.29 is 0 Å². The van der Waals surface area contributed by atoms with Crippen molar-refractivity contribution in [3.8, 4) is 16.8 Å². The van der Waals surface area contributed by atoms with Crippen LogP contribution in [0.2, 0.25) is 0 Å². The molecule has 0 aliphatic heterocycles. The van der Waals surface area contributed by atoms with Gasteiger partial charge in [0.15, 0.2) is 0 Å². The molecule has 1 heterocycles. The van der Waals surface area contributed by atoms with Crippen LogP contribution in [0, 0.1) is 0 Å². The number of nitrogens with zero attached hydrogens (tertiary/aromatic N) is 1. The summed E-state index contributed by atoms with van der Waals surface area (Å²) in [7, 11) is 0. The van der Waals surface area contributed by atoms with Crippen LogP contribution in [0.3, 0.4) is 0 Å². The van der Waals surface area contributed by atoms with E-state index in [1.165, 1.54) is 60.5 Å². The highest BCUT2D eigenvalue weighted by atomic mass is 15.0. The second kappa shape index (κ2) is 7.60. The fraction of sp³-hybridized carbons (Fsp3) is 0.152. The van der Waals surface area contributed by atoms with Gasteiger partial charge < -0.3 is 4.57 Å². The minimum Gasteiger partial charge on any atom is -0.309 e. The number of hydrogen-bond acceptors (Lipinski definition) is 0. The molecule has 0 radical (unpaired) electrons. The Morgan fingerprint density at radius 2 is 1.26 bits per heavy atom. The molecule has 1 aliphatic rings. The Labute approximate surface area is 201 Å². The highest BCUT2D eigenvalue weighted by Gasteiger charge is 2.34. The molecule has 34 heavy (non-hydrogen) atoms. The van der Waals surface area contributed by atoms with Crippen LogP contribution in [0.25, 0.3) is 49.4 Å². The predicted molar refractivity (Wildman–Crippen MR) is 147 cm³/mol. The maximum atomic E-state index is 2.45. The van der Waals surface area contributed by atoms with E-state index in [1.54, 1.807) is 0 Å². The van der Waals surface area contributed by atoms with Gasteiger partial charge in [0.25, 0.3) is 0 Å². The number of rotatable bonds is 1. The summed E-state index contributed by atoms with van der Waals surface area (Å²) in [4.78, 5) is 0. The molecule has 0 saturated carbocycles. The van der Waals surface area contributed by atoms with Gasteiger partial charge in [0.1, 0.15) is 0 Å². The molecule has 166 valence electrons. The second-order valence-electron chi connectivity index (χ2n) is 9.44. The zero-order valence-electron chi connectivity index (χ0n) is 20.3. The lowest BCUT2D eigenvalue weighted by Gasteiger charge is -2.35. The van der Waals surface area contributed by atoms with E-state index in [4.69, 9.17) is 0 Å². The molecule has 0 spiro atoms. The zero-order valence-corrected chi connectivity index (χ0v) is 20.3. The van der Waals surface area contributed by atoms with E-state index < -0.39 is 0 Å². The van der Waals surface area contributed by atoms with Crippen molar-refractivity contribution in [2.75, 3.05) is 0 Å². The Morgan fingerprint density at radius 1 is 0.559 bits per heavy atom. The summed E-state index contributed by atoms with van der Waals surface area (Å²) in [5.74, 6) is 0. The van der Waals surface area contributed by atoms with E-state index in [0.29, 0.717) is 0 Å². The Hall–Kier alpha value is -3.84. The van der Waals surface area contributed by atoms with Crippen molar-refractivity contribution in [3.63, 3.8) is 0 Å². The van der Waals surface area contributed by atoms with Crippen LogP contribution in [0.1, 0.15) is 38.8 Å². The monoisotopic (exact) mass is 439 g/mol. The van der Waals surface area contributed by atoms with Crippen LogP contribution in [0.15, 0.2) is 103 Å². The molecular formula is C33H29N. The van der Waals surface area contributed by atoms with Gasteiger partial charge in [-0.15, -0.1) is 0 Å². The summed E-state index contributed by atoms with van der Waals surface area (Å²) in [5.41, 5.74) is 9.19. The Kier molecular flexibility index (Phi) is 4.64. The van der Waals surface area contributed by atoms with E-state index in [0.717, 1.165) is 0 Å². The van der Waals surface area contributed by atoms with E-state index >= 15 is 0 Å². The minimum absolute atomic E-state index is 0.0740. The molecule has 0 unspecified atom stereocenters. The number of para-hydroxylation sites is 2. The lowest BCUT2D eigenvalue weighted by Crippen LogP contribution is -2.23. The first-order valence-electron chi connectivity index (χ1n) is 12.3. The summed E-state index contributed by atoms with van der Waals surface area (Å²) < 4.78 is 2.42. The Morgan fingerprint density at radius 3 is 2.06 bits per heavy atom. The molecule has 7 rings (SSSR count). The molecule has 0 atom stereocenters. The number of benzene rings is 5. The molecule has 0 fully saturated rings. The van der Waals surface area contributed by atoms with Crippen LogP contribution in [-0.2, 0) is 5.41 Å². The number of fused-ring (bicyclic) bond motifs is 5. The number of hydrogen-bond donors (Lipinski definition) is 0. The summed E-state index contributed by atoms with van der Waals surface area (Å²) in [6, 6.07) is 37.9. The third kappa shape index (κ3) is 2.73. The van der Waals surface area contributed by atoms with Gasteiger partial charge in [0, 0.05) is 21.9 Å². The van der Waals surface area contributed by atoms with Gasteiger partial charge in [-0.05, 0) is 63.4 Å². The smallest absolute Gasteiger partial charge is 0.0544 e. The minimum atomic E-state index is -0.0740. The van der Waals surface area contributed by atoms with E-state index in [-0.39, 0.29) is 5.41 Å². The summed E-state index contributed by atoms with van der Waals surface area (Å²) in [6.45, 7) is 8.75. The maximum Gasteiger partial charge on any atom is 0.0544 e. The molecule has 1 aliphatic carbocycles. The molecule has 1 aromatic heterocycles. The molecule has 5 aromatic carbocycles. The van der Waals surface area contributed by atoms with Gasteiger partial charge in [-0.1, -0.05) is 100 Å². The van der Waals surface area contributed by atoms with Crippen molar-refractivity contribution in [1.82, 2.24) is 4.57 Å². The van der Waals surface area contributed by atoms with Crippen molar-refractivity contribution in [2.24, 2.45) is 0 Å². The topological polar surface area (TPSA) is 4.93 Å². The Balaban J connectivity index is 0.00000106. The molecule has 0 N–H and O–H groups in total. The van der Waals surface area contributed by atoms with Crippen molar-refractivity contribution in [2.45, 2.75) is 33.1 Å². The first kappa shape index (κ1) is 20.7. The van der Waals surface area contributed by atoms with Crippen LogP contribution in [0.5, 0.6) is 0 Å². The van der Waals surface area contributed by atoms with Crippen molar-refractivity contribution in [3.05, 3.63) is 114 Å². The van der Waals surface area contributed by atoms with Crippen LogP contribution < -0.4 is 0 Å². The number of aromatic nitrogens is 1. The molecule has 0 amide bonds. The van der Waals surface area contributed by atoms with Crippen LogP contribution >= 0.6 is 0 Å². The average Bonchev–Trinajstić information content (AvgIpc) is 3.22. The third-order valence-electron chi connectivity index (χ3n) is 7.37. The fourth-order valence-corrected chi connectivity index (χ4v) is 5.84. The van der Waals surface area contributed by atoms with E-state index in [2.05, 4.69) is 122 Å². The average molecular weight is 440 g/mol. The lowest BCUT2D eigenvalue weighted by molar-refractivity contribution is 0.646. The molecule has 1 heteroatoms. The first-order valence-corrected chi connectivity index (χ1v) is 12.3. The van der Waals surface area contributed by atoms with E-state index in [1.807, 2.05) is 13.8 Å². The van der Waals surface area contributed by atoms with Crippen molar-refractivity contribution in [1.29, 1.82) is 0 Å². The highest BCUT2D eigenvalue weighted by molar-refractivity contribution is 6.13. The van der Waals surface area contributed by atoms with Gasteiger partial charge in [-0.2, -0.15) is 0 Å². The van der Waals surface area contributed by atoms with Gasteiger partial charge in [0.2, 0.25) is 0 Å².